The molecule has 0 saturated heterocycles. The molecule has 0 saturated carbocycles. The zero-order chi connectivity index (χ0) is 20.5. The van der Waals surface area contributed by atoms with Crippen LogP contribution in [-0.4, -0.2) is 46.5 Å². The third-order valence-electron chi connectivity index (χ3n) is 4.98. The van der Waals surface area contributed by atoms with Gasteiger partial charge in [-0.3, -0.25) is 9.59 Å². The van der Waals surface area contributed by atoms with E-state index in [9.17, 15) is 19.5 Å². The number of nitrogens with zero attached hydrogens (tertiary/aromatic N) is 1. The summed E-state index contributed by atoms with van der Waals surface area (Å²) in [5.41, 5.74) is 0.339. The van der Waals surface area contributed by atoms with Crippen LogP contribution in [0, 0.1) is 0 Å². The van der Waals surface area contributed by atoms with Gasteiger partial charge in [-0.15, -0.1) is 0 Å². The van der Waals surface area contributed by atoms with Gasteiger partial charge in [0.1, 0.15) is 11.3 Å². The first-order valence-corrected chi connectivity index (χ1v) is 8.87. The molecule has 2 amide bonds. The number of carboxylic acid groups (broad SMARTS) is 1. The number of fused-ring (bicyclic) bond motifs is 1. The molecule has 7 nitrogen and oxygen atoms in total. The number of rotatable bonds is 5. The molecule has 0 fully saturated rings. The number of carbonyl (C=O) groups excluding carboxylic acids is 2. The fourth-order valence-electron chi connectivity index (χ4n) is 2.87. The van der Waals surface area contributed by atoms with Crippen LogP contribution in [0.15, 0.2) is 48.5 Å². The maximum absolute atomic E-state index is 12.7. The second-order valence-electron chi connectivity index (χ2n) is 7.22. The van der Waals surface area contributed by atoms with Crippen molar-refractivity contribution in [3.8, 4) is 5.75 Å². The van der Waals surface area contributed by atoms with Gasteiger partial charge in [0.15, 0.2) is 6.10 Å². The summed E-state index contributed by atoms with van der Waals surface area (Å²) >= 11 is 0. The van der Waals surface area contributed by atoms with Crippen LogP contribution in [0.4, 0.5) is 5.69 Å². The van der Waals surface area contributed by atoms with Crippen LogP contribution in [0.3, 0.4) is 0 Å². The fourth-order valence-corrected chi connectivity index (χ4v) is 2.87. The van der Waals surface area contributed by atoms with Crippen molar-refractivity contribution in [2.45, 2.75) is 31.9 Å². The Morgan fingerprint density at radius 1 is 1.14 bits per heavy atom. The summed E-state index contributed by atoms with van der Waals surface area (Å²) in [5, 5.41) is 12.1. The van der Waals surface area contributed by atoms with Crippen molar-refractivity contribution >= 4 is 23.5 Å². The molecule has 146 valence electrons. The first-order chi connectivity index (χ1) is 13.2. The Morgan fingerprint density at radius 2 is 1.86 bits per heavy atom. The lowest BCUT2D eigenvalue weighted by Gasteiger charge is -2.31. The highest BCUT2D eigenvalue weighted by Gasteiger charge is 2.35. The summed E-state index contributed by atoms with van der Waals surface area (Å²) in [5.74, 6) is -1.16. The van der Waals surface area contributed by atoms with Crippen molar-refractivity contribution in [2.24, 2.45) is 0 Å². The van der Waals surface area contributed by atoms with Gasteiger partial charge in [0.05, 0.1) is 0 Å². The maximum atomic E-state index is 12.7. The SMILES string of the molecule is CN(C(=O)c1cccc(NC(=O)C2Cc3ccccc3O2)c1)C(C)(C)C(=O)O. The molecule has 7 heteroatoms. The molecule has 2 aromatic carbocycles. The quantitative estimate of drug-likeness (QED) is 0.829. The summed E-state index contributed by atoms with van der Waals surface area (Å²) in [4.78, 5) is 37.7. The number of hydrogen-bond donors (Lipinski definition) is 2. The van der Waals surface area contributed by atoms with E-state index in [4.69, 9.17) is 4.74 Å². The summed E-state index contributed by atoms with van der Waals surface area (Å²) in [7, 11) is 1.44. The Morgan fingerprint density at radius 3 is 2.54 bits per heavy atom. The van der Waals surface area contributed by atoms with Crippen LogP contribution < -0.4 is 10.1 Å². The zero-order valence-electron chi connectivity index (χ0n) is 15.9. The lowest BCUT2D eigenvalue weighted by atomic mass is 10.0. The molecular formula is C21H22N2O5. The number of benzene rings is 2. The van der Waals surface area contributed by atoms with Crippen LogP contribution in [0.2, 0.25) is 0 Å². The highest BCUT2D eigenvalue weighted by atomic mass is 16.5. The Hall–Kier alpha value is -3.35. The molecular weight excluding hydrogens is 360 g/mol. The van der Waals surface area contributed by atoms with Crippen molar-refractivity contribution in [2.75, 3.05) is 12.4 Å². The van der Waals surface area contributed by atoms with Gasteiger partial charge in [0.25, 0.3) is 11.8 Å². The van der Waals surface area contributed by atoms with E-state index in [-0.39, 0.29) is 11.5 Å². The molecule has 28 heavy (non-hydrogen) atoms. The predicted octanol–water partition coefficient (Wildman–Crippen LogP) is 2.56. The van der Waals surface area contributed by atoms with Crippen LogP contribution >= 0.6 is 0 Å². The minimum atomic E-state index is -1.36. The largest absolute Gasteiger partial charge is 0.480 e. The lowest BCUT2D eigenvalue weighted by Crippen LogP contribution is -2.50. The van der Waals surface area contributed by atoms with Crippen LogP contribution in [-0.2, 0) is 16.0 Å². The molecule has 0 bridgehead atoms. The minimum absolute atomic E-state index is 0.283. The first-order valence-electron chi connectivity index (χ1n) is 8.87. The average molecular weight is 382 g/mol. The molecule has 1 unspecified atom stereocenters. The number of ether oxygens (including phenoxy) is 1. The molecule has 3 rings (SSSR count). The number of para-hydroxylation sites is 1. The molecule has 1 aliphatic rings. The highest BCUT2D eigenvalue weighted by Crippen LogP contribution is 2.28. The van der Waals surface area contributed by atoms with Crippen molar-refractivity contribution in [3.63, 3.8) is 0 Å². The van der Waals surface area contributed by atoms with Crippen LogP contribution in [0.1, 0.15) is 29.8 Å². The zero-order valence-corrected chi connectivity index (χ0v) is 15.9. The van der Waals surface area contributed by atoms with Gasteiger partial charge in [-0.1, -0.05) is 24.3 Å². The Bertz CT molecular complexity index is 913. The fraction of sp³-hybridized carbons (Fsp3) is 0.286. The normalized spacial score (nSPS) is 15.3. The number of carbonyl (C=O) groups is 3. The van der Waals surface area contributed by atoms with E-state index in [1.54, 1.807) is 18.2 Å². The van der Waals surface area contributed by atoms with E-state index in [1.807, 2.05) is 24.3 Å². The second-order valence-corrected chi connectivity index (χ2v) is 7.22. The van der Waals surface area contributed by atoms with Gasteiger partial charge in [-0.05, 0) is 43.7 Å². The van der Waals surface area contributed by atoms with Crippen molar-refractivity contribution < 1.29 is 24.2 Å². The van der Waals surface area contributed by atoms with Crippen molar-refractivity contribution in [3.05, 3.63) is 59.7 Å². The van der Waals surface area contributed by atoms with E-state index >= 15 is 0 Å². The molecule has 2 N–H and O–H groups in total. The number of nitrogens with one attached hydrogen (secondary N) is 1. The van der Waals surface area contributed by atoms with Gasteiger partial charge < -0.3 is 20.1 Å². The molecule has 0 spiro atoms. The summed E-state index contributed by atoms with van der Waals surface area (Å²) in [6.45, 7) is 2.90. The topological polar surface area (TPSA) is 95.9 Å². The molecule has 1 atom stereocenters. The second kappa shape index (κ2) is 7.34. The van der Waals surface area contributed by atoms with E-state index in [0.717, 1.165) is 10.5 Å². The minimum Gasteiger partial charge on any atom is -0.480 e. The maximum Gasteiger partial charge on any atom is 0.329 e. The van der Waals surface area contributed by atoms with E-state index in [1.165, 1.54) is 27.0 Å². The van der Waals surface area contributed by atoms with Gasteiger partial charge >= 0.3 is 5.97 Å². The molecule has 0 radical (unpaired) electrons. The van der Waals surface area contributed by atoms with E-state index in [0.29, 0.717) is 17.9 Å². The molecule has 1 heterocycles. The first kappa shape index (κ1) is 19.4. The molecule has 0 aliphatic carbocycles. The van der Waals surface area contributed by atoms with Gasteiger partial charge in [0.2, 0.25) is 0 Å². The standard InChI is InChI=1S/C21H22N2O5/c1-21(2,20(26)27)23(3)19(25)14-8-6-9-15(11-14)22-18(24)17-12-13-7-4-5-10-16(13)28-17/h4-11,17H,12H2,1-3H3,(H,22,24)(H,26,27). The number of amides is 2. The molecule has 0 aromatic heterocycles. The number of carboxylic acids is 1. The third kappa shape index (κ3) is 3.69. The number of aliphatic carboxylic acids is 1. The van der Waals surface area contributed by atoms with Crippen LogP contribution in [0.25, 0.3) is 0 Å². The van der Waals surface area contributed by atoms with Crippen molar-refractivity contribution in [1.82, 2.24) is 4.90 Å². The average Bonchev–Trinajstić information content (AvgIpc) is 3.11. The van der Waals surface area contributed by atoms with E-state index in [2.05, 4.69) is 5.32 Å². The predicted molar refractivity (Wildman–Crippen MR) is 103 cm³/mol. The summed E-state index contributed by atoms with van der Waals surface area (Å²) < 4.78 is 5.68. The van der Waals surface area contributed by atoms with E-state index < -0.39 is 23.5 Å². The van der Waals surface area contributed by atoms with Crippen molar-refractivity contribution in [1.29, 1.82) is 0 Å². The van der Waals surface area contributed by atoms with Gasteiger partial charge in [-0.25, -0.2) is 4.79 Å². The smallest absolute Gasteiger partial charge is 0.329 e. The summed E-state index contributed by atoms with van der Waals surface area (Å²) in [6.07, 6.45) is -0.152. The Kier molecular flexibility index (Phi) is 5.09. The molecule has 1 aliphatic heterocycles. The number of likely N-dealkylation sites (N-methyl/N-ethyl adjacent to an activating group) is 1. The third-order valence-corrected chi connectivity index (χ3v) is 4.98. The number of hydrogen-bond acceptors (Lipinski definition) is 4. The van der Waals surface area contributed by atoms with Gasteiger partial charge in [-0.2, -0.15) is 0 Å². The molecule has 2 aromatic rings. The Balaban J connectivity index is 1.71. The summed E-state index contributed by atoms with van der Waals surface area (Å²) in [6, 6.07) is 13.9. The van der Waals surface area contributed by atoms with Crippen LogP contribution in [0.5, 0.6) is 5.75 Å². The monoisotopic (exact) mass is 382 g/mol. The lowest BCUT2D eigenvalue weighted by molar-refractivity contribution is -0.147. The van der Waals surface area contributed by atoms with Gasteiger partial charge in [0, 0.05) is 24.7 Å². The highest BCUT2D eigenvalue weighted by molar-refractivity contribution is 6.00. The Labute approximate surface area is 162 Å². The number of anilines is 1.